The second-order valence-corrected chi connectivity index (χ2v) is 5.53. The number of thiol groups is 1. The van der Waals surface area contributed by atoms with Crippen LogP contribution in [0.3, 0.4) is 0 Å². The van der Waals surface area contributed by atoms with E-state index in [2.05, 4.69) is 12.6 Å². The maximum Gasteiger partial charge on any atom is 0.323 e. The average Bonchev–Trinajstić information content (AvgIpc) is 2.14. The summed E-state index contributed by atoms with van der Waals surface area (Å²) in [6.07, 6.45) is 0.462. The van der Waals surface area contributed by atoms with Crippen molar-refractivity contribution in [1.82, 2.24) is 0 Å². The first kappa shape index (κ1) is 14.1. The number of rotatable bonds is 3. The Hall–Kier alpha value is -1.00. The van der Waals surface area contributed by atoms with Crippen molar-refractivity contribution in [2.45, 2.75) is 43.7 Å². The minimum atomic E-state index is -0.635. The van der Waals surface area contributed by atoms with Crippen LogP contribution in [0.15, 0.2) is 29.2 Å². The van der Waals surface area contributed by atoms with E-state index in [0.717, 1.165) is 10.5 Å². The average molecular weight is 253 g/mol. The second-order valence-electron chi connectivity index (χ2n) is 5.01. The van der Waals surface area contributed by atoms with Crippen LogP contribution in [0.25, 0.3) is 0 Å². The first-order chi connectivity index (χ1) is 7.78. The van der Waals surface area contributed by atoms with Gasteiger partial charge in [-0.2, -0.15) is 0 Å². The molecule has 0 spiro atoms. The number of hydrogen-bond donors (Lipinski definition) is 2. The third kappa shape index (κ3) is 5.24. The smallest absolute Gasteiger partial charge is 0.323 e. The third-order valence-electron chi connectivity index (χ3n) is 2.08. The zero-order chi connectivity index (χ0) is 13.1. The Morgan fingerprint density at radius 1 is 1.47 bits per heavy atom. The summed E-state index contributed by atoms with van der Waals surface area (Å²) in [5, 5.41) is 0. The summed E-state index contributed by atoms with van der Waals surface area (Å²) in [6.45, 7) is 5.48. The highest BCUT2D eigenvalue weighted by Crippen LogP contribution is 2.13. The standard InChI is InChI=1S/C13H19NO2S/c1-13(2,3)16-12(15)11(14)8-9-5-4-6-10(17)7-9/h4-7,11,17H,8,14H2,1-3H3. The number of nitrogens with two attached hydrogens (primary N) is 1. The van der Waals surface area contributed by atoms with Crippen LogP contribution in [0, 0.1) is 0 Å². The van der Waals surface area contributed by atoms with E-state index in [9.17, 15) is 4.79 Å². The maximum atomic E-state index is 11.7. The molecule has 1 aromatic rings. The quantitative estimate of drug-likeness (QED) is 0.641. The molecule has 0 fully saturated rings. The highest BCUT2D eigenvalue weighted by atomic mass is 32.1. The highest BCUT2D eigenvalue weighted by molar-refractivity contribution is 7.80. The Morgan fingerprint density at radius 3 is 2.65 bits per heavy atom. The summed E-state index contributed by atoms with van der Waals surface area (Å²) >= 11 is 4.24. The molecule has 1 aromatic carbocycles. The number of esters is 1. The van der Waals surface area contributed by atoms with Crippen LogP contribution >= 0.6 is 12.6 Å². The van der Waals surface area contributed by atoms with Gasteiger partial charge >= 0.3 is 5.97 Å². The number of carbonyl (C=O) groups is 1. The van der Waals surface area contributed by atoms with Crippen LogP contribution in [0.5, 0.6) is 0 Å². The van der Waals surface area contributed by atoms with Gasteiger partial charge in [0.25, 0.3) is 0 Å². The largest absolute Gasteiger partial charge is 0.459 e. The molecule has 0 saturated carbocycles. The summed E-state index contributed by atoms with van der Waals surface area (Å²) in [7, 11) is 0. The fraction of sp³-hybridized carbons (Fsp3) is 0.462. The normalized spacial score (nSPS) is 13.2. The minimum absolute atomic E-state index is 0.373. The molecule has 0 aliphatic heterocycles. The predicted octanol–water partition coefficient (Wildman–Crippen LogP) is 2.19. The predicted molar refractivity (Wildman–Crippen MR) is 71.2 cm³/mol. The van der Waals surface area contributed by atoms with Crippen LogP contribution in [-0.4, -0.2) is 17.6 Å². The summed E-state index contributed by atoms with van der Waals surface area (Å²) < 4.78 is 5.22. The molecule has 1 atom stereocenters. The van der Waals surface area contributed by atoms with Gasteiger partial charge in [0, 0.05) is 4.90 Å². The monoisotopic (exact) mass is 253 g/mol. The van der Waals surface area contributed by atoms with Gasteiger partial charge in [-0.25, -0.2) is 0 Å². The molecule has 0 aliphatic carbocycles. The number of hydrogen-bond acceptors (Lipinski definition) is 4. The fourth-order valence-electron chi connectivity index (χ4n) is 1.40. The van der Waals surface area contributed by atoms with Gasteiger partial charge in [-0.3, -0.25) is 4.79 Å². The Kier molecular flexibility index (Phi) is 4.60. The summed E-state index contributed by atoms with van der Waals surface area (Å²) in [5.74, 6) is -0.373. The highest BCUT2D eigenvalue weighted by Gasteiger charge is 2.22. The van der Waals surface area contributed by atoms with Gasteiger partial charge in [0.15, 0.2) is 0 Å². The second kappa shape index (κ2) is 5.56. The van der Waals surface area contributed by atoms with Crippen molar-refractivity contribution >= 4 is 18.6 Å². The van der Waals surface area contributed by atoms with E-state index in [4.69, 9.17) is 10.5 Å². The van der Waals surface area contributed by atoms with Crippen LogP contribution in [-0.2, 0) is 16.0 Å². The van der Waals surface area contributed by atoms with Crippen LogP contribution < -0.4 is 5.73 Å². The van der Waals surface area contributed by atoms with E-state index in [-0.39, 0.29) is 5.97 Å². The van der Waals surface area contributed by atoms with Crippen molar-refractivity contribution in [1.29, 1.82) is 0 Å². The Morgan fingerprint density at radius 2 is 2.12 bits per heavy atom. The maximum absolute atomic E-state index is 11.7. The Labute approximate surface area is 108 Å². The van der Waals surface area contributed by atoms with Crippen LogP contribution in [0.1, 0.15) is 26.3 Å². The lowest BCUT2D eigenvalue weighted by Crippen LogP contribution is -2.38. The van der Waals surface area contributed by atoms with E-state index in [1.165, 1.54) is 0 Å². The van der Waals surface area contributed by atoms with Gasteiger partial charge in [-0.15, -0.1) is 12.6 Å². The molecule has 0 amide bonds. The van der Waals surface area contributed by atoms with E-state index in [1.807, 2.05) is 45.0 Å². The van der Waals surface area contributed by atoms with E-state index in [0.29, 0.717) is 6.42 Å². The number of ether oxygens (including phenoxy) is 1. The lowest BCUT2D eigenvalue weighted by molar-refractivity contribution is -0.156. The molecule has 3 nitrogen and oxygen atoms in total. The summed E-state index contributed by atoms with van der Waals surface area (Å²) in [6, 6.07) is 6.95. The number of benzene rings is 1. The molecule has 2 N–H and O–H groups in total. The molecule has 0 saturated heterocycles. The summed E-state index contributed by atoms with van der Waals surface area (Å²) in [5.41, 5.74) is 6.29. The summed E-state index contributed by atoms with van der Waals surface area (Å²) in [4.78, 5) is 12.5. The molecule has 0 aliphatic rings. The van der Waals surface area contributed by atoms with Crippen molar-refractivity contribution in [3.8, 4) is 0 Å². The minimum Gasteiger partial charge on any atom is -0.459 e. The van der Waals surface area contributed by atoms with Crippen molar-refractivity contribution in [2.24, 2.45) is 5.73 Å². The topological polar surface area (TPSA) is 52.3 Å². The molecule has 0 heterocycles. The van der Waals surface area contributed by atoms with Gasteiger partial charge in [-0.1, -0.05) is 12.1 Å². The molecule has 4 heteroatoms. The van der Waals surface area contributed by atoms with Crippen molar-refractivity contribution in [3.05, 3.63) is 29.8 Å². The van der Waals surface area contributed by atoms with Gasteiger partial charge in [-0.05, 0) is 44.9 Å². The molecule has 1 unspecified atom stereocenters. The van der Waals surface area contributed by atoms with Crippen molar-refractivity contribution in [3.63, 3.8) is 0 Å². The third-order valence-corrected chi connectivity index (χ3v) is 2.35. The zero-order valence-corrected chi connectivity index (χ0v) is 11.3. The SMILES string of the molecule is CC(C)(C)OC(=O)C(N)Cc1cccc(S)c1. The lowest BCUT2D eigenvalue weighted by Gasteiger charge is -2.22. The molecular formula is C13H19NO2S. The molecule has 0 radical (unpaired) electrons. The molecule has 94 valence electrons. The van der Waals surface area contributed by atoms with Crippen LogP contribution in [0.4, 0.5) is 0 Å². The lowest BCUT2D eigenvalue weighted by atomic mass is 10.1. The van der Waals surface area contributed by atoms with Gasteiger partial charge in [0.2, 0.25) is 0 Å². The molecule has 1 rings (SSSR count). The van der Waals surface area contributed by atoms with Gasteiger partial charge in [0.1, 0.15) is 11.6 Å². The molecule has 17 heavy (non-hydrogen) atoms. The van der Waals surface area contributed by atoms with E-state index < -0.39 is 11.6 Å². The van der Waals surface area contributed by atoms with Gasteiger partial charge in [0.05, 0.1) is 0 Å². The Balaban J connectivity index is 2.60. The van der Waals surface area contributed by atoms with E-state index >= 15 is 0 Å². The van der Waals surface area contributed by atoms with E-state index in [1.54, 1.807) is 0 Å². The zero-order valence-electron chi connectivity index (χ0n) is 10.4. The first-order valence-electron chi connectivity index (χ1n) is 5.54. The molecule has 0 aromatic heterocycles. The first-order valence-corrected chi connectivity index (χ1v) is 5.99. The molecule has 0 bridgehead atoms. The Bertz CT molecular complexity index is 399. The number of carbonyl (C=O) groups excluding carboxylic acids is 1. The van der Waals surface area contributed by atoms with Crippen LogP contribution in [0.2, 0.25) is 0 Å². The van der Waals surface area contributed by atoms with Crippen molar-refractivity contribution < 1.29 is 9.53 Å². The van der Waals surface area contributed by atoms with Gasteiger partial charge < -0.3 is 10.5 Å². The molecular weight excluding hydrogens is 234 g/mol. The van der Waals surface area contributed by atoms with Crippen molar-refractivity contribution in [2.75, 3.05) is 0 Å². The fourth-order valence-corrected chi connectivity index (χ4v) is 1.65.